The van der Waals surface area contributed by atoms with Crippen LogP contribution >= 0.6 is 0 Å². The molecule has 1 aliphatic carbocycles. The SMILES string of the molecule is CCCC[C@H](NC(=O)O[C@@H]1CN(C(=O)NC2CCCCC2)CC1(C)C)C(=O)C(=O)N[C@H](C)c1ccccc1. The van der Waals surface area contributed by atoms with Crippen molar-refractivity contribution in [2.24, 2.45) is 5.41 Å². The number of hydrogen-bond donors (Lipinski definition) is 3. The van der Waals surface area contributed by atoms with Crippen molar-refractivity contribution in [1.29, 1.82) is 0 Å². The van der Waals surface area contributed by atoms with Crippen molar-refractivity contribution < 1.29 is 23.9 Å². The number of ketones is 1. The van der Waals surface area contributed by atoms with Crippen LogP contribution in [0.5, 0.6) is 0 Å². The molecule has 0 unspecified atom stereocenters. The van der Waals surface area contributed by atoms with Crippen molar-refractivity contribution >= 4 is 23.8 Å². The fourth-order valence-electron chi connectivity index (χ4n) is 5.20. The van der Waals surface area contributed by atoms with Crippen molar-refractivity contribution in [1.82, 2.24) is 20.9 Å². The maximum Gasteiger partial charge on any atom is 0.408 e. The molecule has 1 heterocycles. The summed E-state index contributed by atoms with van der Waals surface area (Å²) in [6.45, 7) is 8.43. The summed E-state index contributed by atoms with van der Waals surface area (Å²) in [6, 6.07) is 8.11. The van der Waals surface area contributed by atoms with Crippen LogP contribution < -0.4 is 16.0 Å². The van der Waals surface area contributed by atoms with Crippen LogP contribution in [0.1, 0.15) is 90.7 Å². The summed E-state index contributed by atoms with van der Waals surface area (Å²) in [7, 11) is 0. The summed E-state index contributed by atoms with van der Waals surface area (Å²) in [5, 5.41) is 8.49. The molecule has 0 bridgehead atoms. The molecule has 1 saturated carbocycles. The molecule has 3 rings (SSSR count). The highest BCUT2D eigenvalue weighted by Crippen LogP contribution is 2.32. The zero-order valence-electron chi connectivity index (χ0n) is 23.3. The van der Waals surface area contributed by atoms with E-state index < -0.39 is 35.3 Å². The van der Waals surface area contributed by atoms with Crippen LogP contribution in [0.25, 0.3) is 0 Å². The summed E-state index contributed by atoms with van der Waals surface area (Å²) in [4.78, 5) is 53.2. The molecular formula is C29H44N4O5. The van der Waals surface area contributed by atoms with Crippen molar-refractivity contribution in [2.75, 3.05) is 13.1 Å². The quantitative estimate of drug-likeness (QED) is 0.388. The Balaban J connectivity index is 1.56. The minimum atomic E-state index is -0.986. The van der Waals surface area contributed by atoms with Gasteiger partial charge in [-0.3, -0.25) is 9.59 Å². The predicted molar refractivity (Wildman–Crippen MR) is 145 cm³/mol. The number of amides is 4. The number of carbonyl (C=O) groups excluding carboxylic acids is 4. The average molecular weight is 529 g/mol. The van der Waals surface area contributed by atoms with Crippen LogP contribution in [0.4, 0.5) is 9.59 Å². The number of nitrogens with one attached hydrogen (secondary N) is 3. The van der Waals surface area contributed by atoms with Crippen molar-refractivity contribution in [3.8, 4) is 0 Å². The number of unbranched alkanes of at least 4 members (excludes halogenated alkanes) is 1. The van der Waals surface area contributed by atoms with E-state index in [1.165, 1.54) is 6.42 Å². The molecule has 38 heavy (non-hydrogen) atoms. The van der Waals surface area contributed by atoms with E-state index in [0.29, 0.717) is 19.4 Å². The third-order valence-electron chi connectivity index (χ3n) is 7.65. The highest BCUT2D eigenvalue weighted by molar-refractivity contribution is 6.38. The Morgan fingerprint density at radius 1 is 1.05 bits per heavy atom. The van der Waals surface area contributed by atoms with Gasteiger partial charge in [-0.15, -0.1) is 0 Å². The van der Waals surface area contributed by atoms with E-state index >= 15 is 0 Å². The number of ether oxygens (including phenoxy) is 1. The molecule has 210 valence electrons. The lowest BCUT2D eigenvalue weighted by atomic mass is 9.90. The van der Waals surface area contributed by atoms with E-state index in [-0.39, 0.29) is 24.7 Å². The first-order valence-electron chi connectivity index (χ1n) is 14.0. The highest BCUT2D eigenvalue weighted by Gasteiger charge is 2.44. The standard InChI is InChI=1S/C29H44N4O5/c1-5-6-17-23(25(34)26(35)30-20(2)21-13-9-7-10-14-21)32-28(37)38-24-18-33(19-29(24,3)4)27(36)31-22-15-11-8-12-16-22/h7,9-10,13-14,20,22-24H,5-6,8,11-12,15-19H2,1-4H3,(H,30,35)(H,31,36)(H,32,37)/t20-,23+,24-/m1/s1. The predicted octanol–water partition coefficient (Wildman–Crippen LogP) is 4.47. The minimum Gasteiger partial charge on any atom is -0.444 e. The molecule has 1 aliphatic heterocycles. The van der Waals surface area contributed by atoms with Gasteiger partial charge in [-0.2, -0.15) is 0 Å². The first kappa shape index (κ1) is 29.5. The Labute approximate surface area is 226 Å². The van der Waals surface area contributed by atoms with Gasteiger partial charge in [0.15, 0.2) is 0 Å². The largest absolute Gasteiger partial charge is 0.444 e. The third kappa shape index (κ3) is 8.20. The fraction of sp³-hybridized carbons (Fsp3) is 0.655. The van der Waals surface area contributed by atoms with E-state index in [0.717, 1.165) is 37.7 Å². The van der Waals surface area contributed by atoms with Gasteiger partial charge in [0.2, 0.25) is 5.78 Å². The molecule has 2 fully saturated rings. The number of nitrogens with zero attached hydrogens (tertiary/aromatic N) is 1. The number of likely N-dealkylation sites (tertiary alicyclic amines) is 1. The van der Waals surface area contributed by atoms with E-state index in [4.69, 9.17) is 4.74 Å². The maximum absolute atomic E-state index is 13.0. The maximum atomic E-state index is 13.0. The first-order valence-corrected chi connectivity index (χ1v) is 14.0. The lowest BCUT2D eigenvalue weighted by Gasteiger charge is -2.26. The summed E-state index contributed by atoms with van der Waals surface area (Å²) in [5.74, 6) is -1.44. The number of carbonyl (C=O) groups is 4. The second-order valence-corrected chi connectivity index (χ2v) is 11.4. The van der Waals surface area contributed by atoms with E-state index in [1.54, 1.807) is 4.90 Å². The second kappa shape index (κ2) is 13.6. The van der Waals surface area contributed by atoms with Gasteiger partial charge in [0, 0.05) is 18.0 Å². The molecule has 2 aliphatic rings. The average Bonchev–Trinajstić information content (AvgIpc) is 3.20. The van der Waals surface area contributed by atoms with E-state index in [2.05, 4.69) is 16.0 Å². The van der Waals surface area contributed by atoms with E-state index in [1.807, 2.05) is 58.0 Å². The Hall–Kier alpha value is -3.10. The van der Waals surface area contributed by atoms with Gasteiger partial charge in [-0.25, -0.2) is 9.59 Å². The van der Waals surface area contributed by atoms with Crippen LogP contribution in [0.2, 0.25) is 0 Å². The third-order valence-corrected chi connectivity index (χ3v) is 7.65. The normalized spacial score (nSPS) is 20.7. The number of rotatable bonds is 10. The van der Waals surface area contributed by atoms with Crippen LogP contribution in [-0.2, 0) is 14.3 Å². The van der Waals surface area contributed by atoms with Gasteiger partial charge in [0.1, 0.15) is 12.1 Å². The zero-order chi connectivity index (χ0) is 27.7. The molecule has 1 saturated heterocycles. The number of Topliss-reactive ketones (excluding diaryl/α,β-unsaturated/α-hetero) is 1. The summed E-state index contributed by atoms with van der Waals surface area (Å²) < 4.78 is 5.73. The summed E-state index contributed by atoms with van der Waals surface area (Å²) in [6.07, 6.45) is 5.99. The Bertz CT molecular complexity index is 961. The fourth-order valence-corrected chi connectivity index (χ4v) is 5.20. The smallest absolute Gasteiger partial charge is 0.408 e. The Kier molecular flexibility index (Phi) is 10.6. The Morgan fingerprint density at radius 3 is 2.39 bits per heavy atom. The van der Waals surface area contributed by atoms with Gasteiger partial charge in [-0.05, 0) is 31.7 Å². The topological polar surface area (TPSA) is 117 Å². The first-order chi connectivity index (χ1) is 18.1. The minimum absolute atomic E-state index is 0.128. The molecule has 1 aromatic rings. The molecule has 9 heteroatoms. The van der Waals surface area contributed by atoms with Crippen molar-refractivity contribution in [3.05, 3.63) is 35.9 Å². The molecule has 0 spiro atoms. The van der Waals surface area contributed by atoms with Crippen LogP contribution in [0.3, 0.4) is 0 Å². The van der Waals surface area contributed by atoms with Crippen LogP contribution in [0, 0.1) is 5.41 Å². The van der Waals surface area contributed by atoms with Gasteiger partial charge >= 0.3 is 12.1 Å². The van der Waals surface area contributed by atoms with Gasteiger partial charge in [0.25, 0.3) is 5.91 Å². The molecule has 0 radical (unpaired) electrons. The molecule has 3 atom stereocenters. The van der Waals surface area contributed by atoms with E-state index in [9.17, 15) is 19.2 Å². The molecular weight excluding hydrogens is 484 g/mol. The Morgan fingerprint density at radius 2 is 1.74 bits per heavy atom. The zero-order valence-corrected chi connectivity index (χ0v) is 23.3. The number of hydrogen-bond acceptors (Lipinski definition) is 5. The molecule has 0 aromatic heterocycles. The number of benzene rings is 1. The number of urea groups is 1. The van der Waals surface area contributed by atoms with Gasteiger partial charge < -0.3 is 25.6 Å². The monoisotopic (exact) mass is 528 g/mol. The molecule has 3 N–H and O–H groups in total. The lowest BCUT2D eigenvalue weighted by molar-refractivity contribution is -0.139. The second-order valence-electron chi connectivity index (χ2n) is 11.4. The summed E-state index contributed by atoms with van der Waals surface area (Å²) >= 11 is 0. The lowest BCUT2D eigenvalue weighted by Crippen LogP contribution is -2.49. The van der Waals surface area contributed by atoms with Crippen LogP contribution in [0.15, 0.2) is 30.3 Å². The van der Waals surface area contributed by atoms with Gasteiger partial charge in [-0.1, -0.05) is 83.2 Å². The van der Waals surface area contributed by atoms with Crippen molar-refractivity contribution in [3.63, 3.8) is 0 Å². The van der Waals surface area contributed by atoms with Gasteiger partial charge in [0.05, 0.1) is 12.6 Å². The number of alkyl carbamates (subject to hydrolysis) is 1. The molecule has 1 aromatic carbocycles. The molecule has 9 nitrogen and oxygen atoms in total. The van der Waals surface area contributed by atoms with Crippen LogP contribution in [-0.4, -0.2) is 60.0 Å². The van der Waals surface area contributed by atoms with Crippen molar-refractivity contribution in [2.45, 2.75) is 103 Å². The highest BCUT2D eigenvalue weighted by atomic mass is 16.6. The summed E-state index contributed by atoms with van der Waals surface area (Å²) in [5.41, 5.74) is 0.429. The molecule has 4 amide bonds.